The number of rotatable bonds is 8. The van der Waals surface area contributed by atoms with Crippen molar-refractivity contribution in [1.29, 1.82) is 0 Å². The molecule has 98 valence electrons. The molecule has 0 bridgehead atoms. The molecule has 0 aliphatic rings. The van der Waals surface area contributed by atoms with Gasteiger partial charge in [-0.15, -0.1) is 0 Å². The van der Waals surface area contributed by atoms with Crippen molar-refractivity contribution in [2.45, 2.75) is 25.8 Å². The van der Waals surface area contributed by atoms with E-state index >= 15 is 0 Å². The highest BCUT2D eigenvalue weighted by molar-refractivity contribution is 7.89. The molecular weight excluding hydrogens is 240 g/mol. The molecule has 0 amide bonds. The van der Waals surface area contributed by atoms with Crippen molar-refractivity contribution >= 4 is 10.0 Å². The molecule has 1 unspecified atom stereocenters. The van der Waals surface area contributed by atoms with Crippen LogP contribution in [0.1, 0.15) is 31.6 Å². The number of unbranched alkanes of at least 4 members (excludes halogenated alkanes) is 1. The Kier molecular flexibility index (Phi) is 5.60. The summed E-state index contributed by atoms with van der Waals surface area (Å²) in [6.07, 6.45) is 4.79. The normalized spacial score (nSPS) is 13.8. The summed E-state index contributed by atoms with van der Waals surface area (Å²) in [5.41, 5.74) is 0. The highest BCUT2D eigenvalue weighted by atomic mass is 32.2. The number of sulfonamides is 1. The summed E-state index contributed by atoms with van der Waals surface area (Å²) in [5.74, 6) is 0.781. The Morgan fingerprint density at radius 3 is 2.82 bits per heavy atom. The summed E-state index contributed by atoms with van der Waals surface area (Å²) in [6, 6.07) is -0.320. The predicted molar refractivity (Wildman–Crippen MR) is 67.1 cm³/mol. The number of H-pyrrole nitrogens is 1. The van der Waals surface area contributed by atoms with Gasteiger partial charge in [0, 0.05) is 12.4 Å². The highest BCUT2D eigenvalue weighted by Crippen LogP contribution is 2.07. The molecule has 1 heterocycles. The van der Waals surface area contributed by atoms with Gasteiger partial charge in [-0.2, -0.15) is 0 Å². The minimum absolute atomic E-state index is 0.153. The lowest BCUT2D eigenvalue weighted by Gasteiger charge is -2.11. The molecule has 1 aromatic heterocycles. The highest BCUT2D eigenvalue weighted by Gasteiger charge is 2.16. The van der Waals surface area contributed by atoms with Gasteiger partial charge in [-0.25, -0.2) is 18.1 Å². The van der Waals surface area contributed by atoms with E-state index in [1.165, 1.54) is 0 Å². The van der Waals surface area contributed by atoms with E-state index in [1.54, 1.807) is 19.3 Å². The molecule has 1 atom stereocenters. The summed E-state index contributed by atoms with van der Waals surface area (Å²) >= 11 is 0. The number of hydrogen-bond donors (Lipinski definition) is 3. The first-order chi connectivity index (χ1) is 8.05. The maximum absolute atomic E-state index is 11.7. The van der Waals surface area contributed by atoms with Crippen LogP contribution in [0.25, 0.3) is 0 Å². The van der Waals surface area contributed by atoms with Crippen LogP contribution in [0.4, 0.5) is 0 Å². The van der Waals surface area contributed by atoms with Crippen molar-refractivity contribution in [3.05, 3.63) is 18.2 Å². The number of aromatic nitrogens is 2. The lowest BCUT2D eigenvalue weighted by Crippen LogP contribution is -2.30. The standard InChI is InChI=1S/C10H20N4O2S/c1-9(10-12-6-7-13-10)14-17(15,16)8-4-3-5-11-2/h6-7,9,11,14H,3-5,8H2,1-2H3,(H,12,13). The molecule has 0 saturated carbocycles. The number of nitrogens with zero attached hydrogens (tertiary/aromatic N) is 1. The molecule has 0 saturated heterocycles. The van der Waals surface area contributed by atoms with E-state index in [0.717, 1.165) is 13.0 Å². The van der Waals surface area contributed by atoms with E-state index in [4.69, 9.17) is 0 Å². The third-order valence-corrected chi connectivity index (χ3v) is 3.91. The van der Waals surface area contributed by atoms with Crippen molar-refractivity contribution < 1.29 is 8.42 Å². The molecule has 0 aromatic carbocycles. The van der Waals surface area contributed by atoms with Crippen molar-refractivity contribution in [1.82, 2.24) is 20.0 Å². The van der Waals surface area contributed by atoms with Crippen LogP contribution >= 0.6 is 0 Å². The second kappa shape index (κ2) is 6.73. The van der Waals surface area contributed by atoms with E-state index in [-0.39, 0.29) is 11.8 Å². The van der Waals surface area contributed by atoms with Crippen molar-refractivity contribution in [2.75, 3.05) is 19.3 Å². The van der Waals surface area contributed by atoms with Crippen molar-refractivity contribution in [3.8, 4) is 0 Å². The minimum atomic E-state index is -3.23. The van der Waals surface area contributed by atoms with Crippen LogP contribution in [0.3, 0.4) is 0 Å². The monoisotopic (exact) mass is 260 g/mol. The van der Waals surface area contributed by atoms with Gasteiger partial charge < -0.3 is 10.3 Å². The average Bonchev–Trinajstić information content (AvgIpc) is 2.77. The summed E-state index contributed by atoms with van der Waals surface area (Å²) < 4.78 is 26.0. The molecule has 1 aromatic rings. The molecule has 3 N–H and O–H groups in total. The van der Waals surface area contributed by atoms with E-state index in [0.29, 0.717) is 12.2 Å². The maximum atomic E-state index is 11.7. The molecule has 0 aliphatic heterocycles. The first-order valence-corrected chi connectivity index (χ1v) is 7.34. The van der Waals surface area contributed by atoms with Crippen molar-refractivity contribution in [2.24, 2.45) is 0 Å². The van der Waals surface area contributed by atoms with Gasteiger partial charge in [0.25, 0.3) is 0 Å². The second-order valence-corrected chi connectivity index (χ2v) is 5.82. The van der Waals surface area contributed by atoms with Crippen LogP contribution in [0, 0.1) is 0 Å². The molecule has 17 heavy (non-hydrogen) atoms. The first kappa shape index (κ1) is 14.1. The fraction of sp³-hybridized carbons (Fsp3) is 0.700. The Labute approximate surface area is 102 Å². The van der Waals surface area contributed by atoms with Gasteiger partial charge in [-0.3, -0.25) is 0 Å². The van der Waals surface area contributed by atoms with Gasteiger partial charge in [-0.05, 0) is 33.4 Å². The van der Waals surface area contributed by atoms with Crippen LogP contribution < -0.4 is 10.0 Å². The van der Waals surface area contributed by atoms with E-state index in [2.05, 4.69) is 20.0 Å². The van der Waals surface area contributed by atoms with Crippen molar-refractivity contribution in [3.63, 3.8) is 0 Å². The first-order valence-electron chi connectivity index (χ1n) is 5.69. The number of nitrogens with one attached hydrogen (secondary N) is 3. The fourth-order valence-corrected chi connectivity index (χ4v) is 2.84. The molecule has 0 radical (unpaired) electrons. The van der Waals surface area contributed by atoms with E-state index in [9.17, 15) is 8.42 Å². The van der Waals surface area contributed by atoms with Gasteiger partial charge >= 0.3 is 0 Å². The largest absolute Gasteiger partial charge is 0.347 e. The van der Waals surface area contributed by atoms with Gasteiger partial charge in [0.1, 0.15) is 5.82 Å². The van der Waals surface area contributed by atoms with Gasteiger partial charge in [-0.1, -0.05) is 0 Å². The van der Waals surface area contributed by atoms with Crippen LogP contribution in [-0.2, 0) is 10.0 Å². The fourth-order valence-electron chi connectivity index (χ4n) is 1.49. The van der Waals surface area contributed by atoms with Gasteiger partial charge in [0.05, 0.1) is 11.8 Å². The Balaban J connectivity index is 2.38. The minimum Gasteiger partial charge on any atom is -0.347 e. The zero-order valence-corrected chi connectivity index (χ0v) is 11.0. The Bertz CT molecular complexity index is 402. The zero-order valence-electron chi connectivity index (χ0n) is 10.2. The summed E-state index contributed by atoms with van der Waals surface area (Å²) in [4.78, 5) is 6.91. The van der Waals surface area contributed by atoms with Crippen LogP contribution in [0.2, 0.25) is 0 Å². The summed E-state index contributed by atoms with van der Waals surface area (Å²) in [5, 5.41) is 2.99. The maximum Gasteiger partial charge on any atom is 0.212 e. The van der Waals surface area contributed by atoms with Gasteiger partial charge in [0.15, 0.2) is 0 Å². The third kappa shape index (κ3) is 5.29. The summed E-state index contributed by atoms with van der Waals surface area (Å²) in [6.45, 7) is 2.60. The quantitative estimate of drug-likeness (QED) is 0.590. The van der Waals surface area contributed by atoms with Gasteiger partial charge in [0.2, 0.25) is 10.0 Å². The average molecular weight is 260 g/mol. The zero-order chi connectivity index (χ0) is 12.7. The second-order valence-electron chi connectivity index (χ2n) is 3.94. The predicted octanol–water partition coefficient (Wildman–Crippen LogP) is 0.390. The molecule has 0 spiro atoms. The van der Waals surface area contributed by atoms with E-state index < -0.39 is 10.0 Å². The molecule has 7 heteroatoms. The molecular formula is C10H20N4O2S. The van der Waals surface area contributed by atoms with E-state index in [1.807, 2.05) is 7.05 Å². The molecule has 1 rings (SSSR count). The summed E-state index contributed by atoms with van der Waals surface area (Å²) in [7, 11) is -1.37. The topological polar surface area (TPSA) is 86.9 Å². The smallest absolute Gasteiger partial charge is 0.212 e. The Morgan fingerprint density at radius 1 is 1.47 bits per heavy atom. The molecule has 6 nitrogen and oxygen atoms in total. The Hall–Kier alpha value is -0.920. The lowest BCUT2D eigenvalue weighted by atomic mass is 10.3. The number of imidazole rings is 1. The SMILES string of the molecule is CNCCCCS(=O)(=O)NC(C)c1ncc[nH]1. The molecule has 0 aliphatic carbocycles. The molecule has 0 fully saturated rings. The number of aromatic amines is 1. The Morgan fingerprint density at radius 2 is 2.24 bits per heavy atom. The number of hydrogen-bond acceptors (Lipinski definition) is 4. The van der Waals surface area contributed by atoms with Crippen LogP contribution in [0.5, 0.6) is 0 Å². The van der Waals surface area contributed by atoms with Crippen LogP contribution in [-0.4, -0.2) is 37.7 Å². The lowest BCUT2D eigenvalue weighted by molar-refractivity contribution is 0.556. The third-order valence-electron chi connectivity index (χ3n) is 2.38. The van der Waals surface area contributed by atoms with Crippen LogP contribution in [0.15, 0.2) is 12.4 Å².